The van der Waals surface area contributed by atoms with E-state index in [1.807, 2.05) is 0 Å². The maximum atomic E-state index is 2.98. The fourth-order valence-corrected chi connectivity index (χ4v) is 0.729. The molecule has 0 spiro atoms. The molecule has 1 heteroatoms. The van der Waals surface area contributed by atoms with Crippen LogP contribution < -0.4 is 0 Å². The molecule has 0 nitrogen and oxygen atoms in total. The Bertz CT molecular complexity index is 86.3. The maximum absolute atomic E-state index is 2.98. The third kappa shape index (κ3) is 6.08. The molecule has 0 saturated heterocycles. The Morgan fingerprint density at radius 2 is 2.12 bits per heavy atom. The average molecular weight is 174 g/mol. The molecule has 0 N–H and O–H groups in total. The fraction of sp³-hybridized carbons (Fsp3) is 0.714. The molecule has 0 amide bonds. The number of hydrogen-bond acceptors (Lipinski definition) is 0. The van der Waals surface area contributed by atoms with E-state index in [0.29, 0.717) is 0 Å². The SMILES string of the molecule is CCCCCC#C[Se]. The van der Waals surface area contributed by atoms with Gasteiger partial charge in [0.2, 0.25) is 0 Å². The summed E-state index contributed by atoms with van der Waals surface area (Å²) in [6.07, 6.45) is 4.91. The molecule has 0 fully saturated rings. The van der Waals surface area contributed by atoms with Crippen LogP contribution in [0.5, 0.6) is 0 Å². The molecule has 0 aromatic heterocycles. The minimum atomic E-state index is 1.06. The van der Waals surface area contributed by atoms with Gasteiger partial charge in [0.1, 0.15) is 0 Å². The molecule has 1 radical (unpaired) electrons. The van der Waals surface area contributed by atoms with Crippen LogP contribution in [-0.2, 0) is 0 Å². The van der Waals surface area contributed by atoms with Gasteiger partial charge in [-0.25, -0.2) is 0 Å². The van der Waals surface area contributed by atoms with Crippen molar-refractivity contribution in [3.63, 3.8) is 0 Å². The molecule has 0 saturated carbocycles. The predicted molar refractivity (Wildman–Crippen MR) is 37.7 cm³/mol. The van der Waals surface area contributed by atoms with Crippen molar-refractivity contribution in [3.05, 3.63) is 0 Å². The van der Waals surface area contributed by atoms with Crippen LogP contribution in [0.25, 0.3) is 0 Å². The van der Waals surface area contributed by atoms with Crippen LogP contribution in [0.3, 0.4) is 0 Å². The first kappa shape index (κ1) is 8.08. The van der Waals surface area contributed by atoms with Crippen LogP contribution >= 0.6 is 0 Å². The van der Waals surface area contributed by atoms with E-state index in [9.17, 15) is 0 Å². The van der Waals surface area contributed by atoms with E-state index < -0.39 is 0 Å². The van der Waals surface area contributed by atoms with Gasteiger partial charge in [0, 0.05) is 0 Å². The molecule has 0 aromatic rings. The van der Waals surface area contributed by atoms with Crippen molar-refractivity contribution in [2.24, 2.45) is 0 Å². The summed E-state index contributed by atoms with van der Waals surface area (Å²) in [7, 11) is 0. The van der Waals surface area contributed by atoms with Gasteiger partial charge in [-0.1, -0.05) is 0 Å². The first-order valence-electron chi connectivity index (χ1n) is 3.01. The molecule has 0 atom stereocenters. The molecule has 0 unspecified atom stereocenters. The van der Waals surface area contributed by atoms with Crippen molar-refractivity contribution in [3.8, 4) is 10.7 Å². The monoisotopic (exact) mass is 175 g/mol. The number of unbranched alkanes of at least 4 members (excludes halogenated alkanes) is 3. The zero-order valence-corrected chi connectivity index (χ0v) is 6.95. The van der Waals surface area contributed by atoms with Crippen molar-refractivity contribution in [2.75, 3.05) is 0 Å². The van der Waals surface area contributed by atoms with Crippen LogP contribution in [0.15, 0.2) is 0 Å². The van der Waals surface area contributed by atoms with E-state index in [4.69, 9.17) is 0 Å². The Labute approximate surface area is 59.9 Å². The second-order valence-corrected chi connectivity index (χ2v) is 2.16. The molecule has 0 aliphatic rings. The molecule has 0 aromatic carbocycles. The van der Waals surface area contributed by atoms with Crippen LogP contribution in [-0.4, -0.2) is 16.0 Å². The van der Waals surface area contributed by atoms with Crippen molar-refractivity contribution in [1.29, 1.82) is 0 Å². The van der Waals surface area contributed by atoms with Crippen LogP contribution in [0.1, 0.15) is 32.6 Å². The molecule has 0 rings (SSSR count). The van der Waals surface area contributed by atoms with Crippen molar-refractivity contribution >= 4 is 16.0 Å². The van der Waals surface area contributed by atoms with E-state index in [2.05, 4.69) is 33.7 Å². The van der Waals surface area contributed by atoms with E-state index in [1.165, 1.54) is 19.3 Å². The van der Waals surface area contributed by atoms with Gasteiger partial charge in [0.25, 0.3) is 0 Å². The Morgan fingerprint density at radius 1 is 1.38 bits per heavy atom. The van der Waals surface area contributed by atoms with Crippen LogP contribution in [0, 0.1) is 10.7 Å². The third-order valence-corrected chi connectivity index (χ3v) is 1.28. The van der Waals surface area contributed by atoms with Gasteiger partial charge in [-0.05, 0) is 0 Å². The van der Waals surface area contributed by atoms with Crippen LogP contribution in [0.2, 0.25) is 0 Å². The summed E-state index contributed by atoms with van der Waals surface area (Å²) < 4.78 is 0. The van der Waals surface area contributed by atoms with Crippen LogP contribution in [0.4, 0.5) is 0 Å². The molecular weight excluding hydrogens is 163 g/mol. The molecular formula is C7H11Se. The second kappa shape index (κ2) is 7.08. The van der Waals surface area contributed by atoms with Crippen molar-refractivity contribution < 1.29 is 0 Å². The standard InChI is InChI=1S/C7H11Se/c1-2-3-4-5-6-7-8/h2-5H2,1H3. The first-order chi connectivity index (χ1) is 3.91. The van der Waals surface area contributed by atoms with E-state index in [1.54, 1.807) is 0 Å². The van der Waals surface area contributed by atoms with Gasteiger partial charge in [-0.2, -0.15) is 0 Å². The van der Waals surface area contributed by atoms with Gasteiger partial charge in [-0.15, -0.1) is 0 Å². The Balaban J connectivity index is 2.79. The molecule has 45 valence electrons. The average Bonchev–Trinajstić information content (AvgIpc) is 1.81. The summed E-state index contributed by atoms with van der Waals surface area (Å²) in [5.74, 6) is 2.98. The second-order valence-electron chi connectivity index (χ2n) is 1.74. The van der Waals surface area contributed by atoms with Gasteiger partial charge in [0.05, 0.1) is 0 Å². The van der Waals surface area contributed by atoms with Gasteiger partial charge in [-0.3, -0.25) is 0 Å². The molecule has 8 heavy (non-hydrogen) atoms. The summed E-state index contributed by atoms with van der Waals surface area (Å²) in [4.78, 5) is 2.75. The minimum absolute atomic E-state index is 1.06. The summed E-state index contributed by atoms with van der Waals surface area (Å²) in [6.45, 7) is 2.20. The Hall–Kier alpha value is 0.0795. The molecule has 0 heterocycles. The third-order valence-electron chi connectivity index (χ3n) is 0.977. The Kier molecular flexibility index (Phi) is 7.15. The summed E-state index contributed by atoms with van der Waals surface area (Å²) in [5.41, 5.74) is 0. The van der Waals surface area contributed by atoms with Gasteiger partial charge >= 0.3 is 59.4 Å². The van der Waals surface area contributed by atoms with E-state index in [0.717, 1.165) is 6.42 Å². The predicted octanol–water partition coefficient (Wildman–Crippen LogP) is 1.70. The number of rotatable bonds is 3. The summed E-state index contributed by atoms with van der Waals surface area (Å²) >= 11 is 2.66. The van der Waals surface area contributed by atoms with Crippen molar-refractivity contribution in [1.82, 2.24) is 0 Å². The zero-order valence-electron chi connectivity index (χ0n) is 5.24. The first-order valence-corrected chi connectivity index (χ1v) is 3.87. The van der Waals surface area contributed by atoms with Gasteiger partial charge in [0.15, 0.2) is 0 Å². The molecule has 0 bridgehead atoms. The molecule has 0 aliphatic heterocycles. The van der Waals surface area contributed by atoms with E-state index in [-0.39, 0.29) is 0 Å². The van der Waals surface area contributed by atoms with E-state index >= 15 is 0 Å². The Morgan fingerprint density at radius 3 is 2.62 bits per heavy atom. The molecule has 0 aliphatic carbocycles. The van der Waals surface area contributed by atoms with Crippen molar-refractivity contribution in [2.45, 2.75) is 32.6 Å². The normalized spacial score (nSPS) is 7.62. The zero-order chi connectivity index (χ0) is 6.24. The quantitative estimate of drug-likeness (QED) is 0.347. The fourth-order valence-electron chi connectivity index (χ4n) is 0.514. The number of hydrogen-bond donors (Lipinski definition) is 0. The summed E-state index contributed by atoms with van der Waals surface area (Å²) in [6, 6.07) is 0. The topological polar surface area (TPSA) is 0 Å². The summed E-state index contributed by atoms with van der Waals surface area (Å²) in [5, 5.41) is 0. The van der Waals surface area contributed by atoms with Gasteiger partial charge < -0.3 is 0 Å².